The number of benzene rings is 2. The average molecular weight is 318 g/mol. The molecule has 1 amide bonds. The molecule has 1 heterocycles. The molecular weight excluding hydrogens is 300 g/mol. The van der Waals surface area contributed by atoms with E-state index in [1.807, 2.05) is 55.5 Å². The second-order valence-corrected chi connectivity index (χ2v) is 5.77. The number of hydrogen-bond acceptors (Lipinski definition) is 2. The number of aryl methyl sites for hydroxylation is 1. The molecule has 0 radical (unpaired) electrons. The lowest BCUT2D eigenvalue weighted by Gasteiger charge is -2.08. The van der Waals surface area contributed by atoms with Crippen molar-refractivity contribution in [2.75, 3.05) is 0 Å². The molecule has 0 bridgehead atoms. The summed E-state index contributed by atoms with van der Waals surface area (Å²) in [6.45, 7) is 3.38. The maximum absolute atomic E-state index is 11.9. The Bertz CT molecular complexity index is 938. The molecule has 120 valence electrons. The number of carbonyl (C=O) groups excluding carboxylic acids is 2. The normalized spacial score (nSPS) is 10.6. The zero-order chi connectivity index (χ0) is 17.3. The van der Waals surface area contributed by atoms with Crippen LogP contribution in [0.25, 0.3) is 22.4 Å². The van der Waals surface area contributed by atoms with Gasteiger partial charge in [-0.15, -0.1) is 0 Å². The second kappa shape index (κ2) is 6.16. The van der Waals surface area contributed by atoms with Gasteiger partial charge in [0.25, 0.3) is 5.91 Å². The van der Waals surface area contributed by atoms with Gasteiger partial charge in [-0.2, -0.15) is 0 Å². The van der Waals surface area contributed by atoms with Crippen LogP contribution in [0.4, 0.5) is 0 Å². The smallest absolute Gasteiger partial charge is 0.250 e. The van der Waals surface area contributed by atoms with Gasteiger partial charge in [0, 0.05) is 17.0 Å². The number of Topliss-reactive ketones (excluding diaryl/α,β-unsaturated/α-hetero) is 1. The molecule has 0 aliphatic rings. The van der Waals surface area contributed by atoms with Crippen LogP contribution in [0.1, 0.15) is 33.3 Å². The Labute approximate surface area is 140 Å². The van der Waals surface area contributed by atoms with Crippen molar-refractivity contribution in [1.82, 2.24) is 4.98 Å². The zero-order valence-corrected chi connectivity index (χ0v) is 13.6. The summed E-state index contributed by atoms with van der Waals surface area (Å²) in [5.41, 5.74) is 10.9. The summed E-state index contributed by atoms with van der Waals surface area (Å²) in [5.74, 6) is -0.421. The van der Waals surface area contributed by atoms with Gasteiger partial charge in [0.1, 0.15) is 0 Å². The number of H-pyrrole nitrogens is 1. The zero-order valence-electron chi connectivity index (χ0n) is 13.6. The summed E-state index contributed by atoms with van der Waals surface area (Å²) in [4.78, 5) is 26.5. The molecule has 1 aromatic heterocycles. The van der Waals surface area contributed by atoms with Gasteiger partial charge in [0.05, 0.1) is 5.56 Å². The average Bonchev–Trinajstić information content (AvgIpc) is 2.97. The summed E-state index contributed by atoms with van der Waals surface area (Å²) in [6.07, 6.45) is 0. The van der Waals surface area contributed by atoms with Gasteiger partial charge < -0.3 is 10.7 Å². The lowest BCUT2D eigenvalue weighted by atomic mass is 9.96. The van der Waals surface area contributed by atoms with E-state index >= 15 is 0 Å². The van der Waals surface area contributed by atoms with Crippen molar-refractivity contribution >= 4 is 11.7 Å². The fourth-order valence-corrected chi connectivity index (χ4v) is 2.87. The third-order valence-corrected chi connectivity index (χ3v) is 4.07. The third-order valence-electron chi connectivity index (χ3n) is 4.07. The predicted octanol–water partition coefficient (Wildman–Crippen LogP) is 3.96. The van der Waals surface area contributed by atoms with Crippen molar-refractivity contribution in [3.8, 4) is 22.4 Å². The van der Waals surface area contributed by atoms with Gasteiger partial charge in [-0.25, -0.2) is 0 Å². The van der Waals surface area contributed by atoms with Crippen LogP contribution in [0.15, 0.2) is 54.6 Å². The highest BCUT2D eigenvalue weighted by Gasteiger charge is 2.13. The molecule has 3 N–H and O–H groups in total. The van der Waals surface area contributed by atoms with Crippen LogP contribution in [0.5, 0.6) is 0 Å². The summed E-state index contributed by atoms with van der Waals surface area (Å²) in [5, 5.41) is 0. The lowest BCUT2D eigenvalue weighted by molar-refractivity contribution is 0.0996. The van der Waals surface area contributed by atoms with E-state index in [0.717, 1.165) is 28.1 Å². The topological polar surface area (TPSA) is 76.0 Å². The van der Waals surface area contributed by atoms with Crippen molar-refractivity contribution in [3.63, 3.8) is 0 Å². The first kappa shape index (κ1) is 15.7. The molecule has 0 fully saturated rings. The molecule has 3 rings (SSSR count). The molecule has 0 saturated carbocycles. The number of aromatic amines is 1. The van der Waals surface area contributed by atoms with Crippen molar-refractivity contribution in [1.29, 1.82) is 0 Å². The highest BCUT2D eigenvalue weighted by Crippen LogP contribution is 2.29. The van der Waals surface area contributed by atoms with Crippen LogP contribution >= 0.6 is 0 Å². The van der Waals surface area contributed by atoms with Crippen LogP contribution in [-0.4, -0.2) is 16.7 Å². The molecule has 0 saturated heterocycles. The fourth-order valence-electron chi connectivity index (χ4n) is 2.87. The standard InChI is InChI=1S/C20H18N2O2/c1-12-18(20(21)24)11-19(22-12)15-7-5-6-14(10-15)17-9-4-3-8-16(17)13(2)23/h3-11,22H,1-2H3,(H2,21,24). The molecule has 3 aromatic rings. The number of hydrogen-bond donors (Lipinski definition) is 2. The van der Waals surface area contributed by atoms with Gasteiger partial charge in [0.15, 0.2) is 5.78 Å². The molecule has 0 unspecified atom stereocenters. The number of nitrogens with two attached hydrogens (primary N) is 1. The van der Waals surface area contributed by atoms with Crippen molar-refractivity contribution < 1.29 is 9.59 Å². The first-order valence-electron chi connectivity index (χ1n) is 7.67. The molecule has 0 aliphatic heterocycles. The van der Waals surface area contributed by atoms with Gasteiger partial charge in [0.2, 0.25) is 0 Å². The molecule has 2 aromatic carbocycles. The van der Waals surface area contributed by atoms with E-state index in [1.165, 1.54) is 0 Å². The predicted molar refractivity (Wildman–Crippen MR) is 94.9 cm³/mol. The molecular formula is C20H18N2O2. The molecule has 0 atom stereocenters. The van der Waals surface area contributed by atoms with Gasteiger partial charge in [-0.1, -0.05) is 42.5 Å². The van der Waals surface area contributed by atoms with Crippen molar-refractivity contribution in [3.05, 3.63) is 71.4 Å². The minimum absolute atomic E-state index is 0.0303. The van der Waals surface area contributed by atoms with Gasteiger partial charge in [-0.05, 0) is 42.7 Å². The Morgan fingerprint density at radius 3 is 2.29 bits per heavy atom. The van der Waals surface area contributed by atoms with Crippen molar-refractivity contribution in [2.45, 2.75) is 13.8 Å². The van der Waals surface area contributed by atoms with E-state index < -0.39 is 5.91 Å². The van der Waals surface area contributed by atoms with Gasteiger partial charge >= 0.3 is 0 Å². The molecule has 4 heteroatoms. The van der Waals surface area contributed by atoms with E-state index in [0.29, 0.717) is 11.1 Å². The van der Waals surface area contributed by atoms with E-state index in [4.69, 9.17) is 5.73 Å². The number of aromatic nitrogens is 1. The highest BCUT2D eigenvalue weighted by molar-refractivity contribution is 6.01. The highest BCUT2D eigenvalue weighted by atomic mass is 16.1. The summed E-state index contributed by atoms with van der Waals surface area (Å²) < 4.78 is 0. The van der Waals surface area contributed by atoms with Crippen LogP contribution in [0.2, 0.25) is 0 Å². The molecule has 0 aliphatic carbocycles. The Hall–Kier alpha value is -3.14. The minimum Gasteiger partial charge on any atom is -0.366 e. The molecule has 24 heavy (non-hydrogen) atoms. The second-order valence-electron chi connectivity index (χ2n) is 5.77. The van der Waals surface area contributed by atoms with E-state index in [1.54, 1.807) is 13.0 Å². The van der Waals surface area contributed by atoms with Crippen molar-refractivity contribution in [2.24, 2.45) is 5.73 Å². The number of nitrogens with one attached hydrogen (secondary N) is 1. The minimum atomic E-state index is -0.451. The Kier molecular flexibility index (Phi) is 4.04. The maximum Gasteiger partial charge on any atom is 0.250 e. The largest absolute Gasteiger partial charge is 0.366 e. The van der Waals surface area contributed by atoms with E-state index in [9.17, 15) is 9.59 Å². The van der Waals surface area contributed by atoms with E-state index in [-0.39, 0.29) is 5.78 Å². The lowest BCUT2D eigenvalue weighted by Crippen LogP contribution is -2.10. The summed E-state index contributed by atoms with van der Waals surface area (Å²) in [7, 11) is 0. The van der Waals surface area contributed by atoms with Gasteiger partial charge in [-0.3, -0.25) is 9.59 Å². The van der Waals surface area contributed by atoms with Crippen LogP contribution < -0.4 is 5.73 Å². The van der Waals surface area contributed by atoms with Crippen LogP contribution in [0.3, 0.4) is 0 Å². The number of ketones is 1. The quantitative estimate of drug-likeness (QED) is 0.714. The summed E-state index contributed by atoms with van der Waals surface area (Å²) in [6, 6.07) is 17.1. The third kappa shape index (κ3) is 2.86. The maximum atomic E-state index is 11.9. The Balaban J connectivity index is 2.09. The monoisotopic (exact) mass is 318 g/mol. The number of rotatable bonds is 4. The Morgan fingerprint density at radius 2 is 1.62 bits per heavy atom. The number of amides is 1. The fraction of sp³-hybridized carbons (Fsp3) is 0.100. The summed E-state index contributed by atoms with van der Waals surface area (Å²) >= 11 is 0. The Morgan fingerprint density at radius 1 is 0.917 bits per heavy atom. The number of primary amides is 1. The molecule has 4 nitrogen and oxygen atoms in total. The van der Waals surface area contributed by atoms with Crippen LogP contribution in [-0.2, 0) is 0 Å². The van der Waals surface area contributed by atoms with E-state index in [2.05, 4.69) is 4.98 Å². The molecule has 0 spiro atoms. The SMILES string of the molecule is CC(=O)c1ccccc1-c1cccc(-c2cc(C(N)=O)c(C)[nH]2)c1. The first-order valence-corrected chi connectivity index (χ1v) is 7.67. The number of carbonyl (C=O) groups is 2. The van der Waals surface area contributed by atoms with Crippen LogP contribution in [0, 0.1) is 6.92 Å². The first-order chi connectivity index (χ1) is 11.5.